The summed E-state index contributed by atoms with van der Waals surface area (Å²) in [4.78, 5) is 37.2. The highest BCUT2D eigenvalue weighted by atomic mass is 16.5. The summed E-state index contributed by atoms with van der Waals surface area (Å²) in [5.74, 6) is 0.0954. The molecular weight excluding hydrogens is 306 g/mol. The second-order valence-electron chi connectivity index (χ2n) is 5.46. The highest BCUT2D eigenvalue weighted by molar-refractivity contribution is 6.21. The lowest BCUT2D eigenvalue weighted by molar-refractivity contribution is 0.0631. The minimum Gasteiger partial charge on any atom is -0.492 e. The molecule has 0 bridgehead atoms. The van der Waals surface area contributed by atoms with Crippen molar-refractivity contribution in [1.82, 2.24) is 4.90 Å². The average molecular weight is 323 g/mol. The standard InChI is InChI=1S/C19H17NO4/c1-2-17(21)13-7-9-14(10-8-13)24-12-11-20-18(22)15-5-3-4-6-16(15)19(20)23/h3-10H,2,11-12H2,1H3. The van der Waals surface area contributed by atoms with Crippen molar-refractivity contribution < 1.29 is 19.1 Å². The molecule has 24 heavy (non-hydrogen) atoms. The Balaban J connectivity index is 1.59. The summed E-state index contributed by atoms with van der Waals surface area (Å²) in [7, 11) is 0. The van der Waals surface area contributed by atoms with Gasteiger partial charge in [0.1, 0.15) is 12.4 Å². The van der Waals surface area contributed by atoms with Gasteiger partial charge in [0, 0.05) is 12.0 Å². The van der Waals surface area contributed by atoms with E-state index in [1.54, 1.807) is 48.5 Å². The van der Waals surface area contributed by atoms with Gasteiger partial charge in [0.2, 0.25) is 0 Å². The Labute approximate surface area is 139 Å². The van der Waals surface area contributed by atoms with E-state index in [2.05, 4.69) is 0 Å². The van der Waals surface area contributed by atoms with Gasteiger partial charge in [-0.2, -0.15) is 0 Å². The molecule has 1 aliphatic heterocycles. The van der Waals surface area contributed by atoms with Gasteiger partial charge in [-0.15, -0.1) is 0 Å². The van der Waals surface area contributed by atoms with E-state index in [0.29, 0.717) is 28.9 Å². The van der Waals surface area contributed by atoms with Crippen LogP contribution in [0.25, 0.3) is 0 Å². The molecule has 0 spiro atoms. The van der Waals surface area contributed by atoms with Crippen molar-refractivity contribution >= 4 is 17.6 Å². The third-order valence-corrected chi connectivity index (χ3v) is 3.96. The minimum atomic E-state index is -0.289. The number of Topliss-reactive ketones (excluding diaryl/α,β-unsaturated/α-hetero) is 1. The van der Waals surface area contributed by atoms with Crippen molar-refractivity contribution in [3.05, 3.63) is 65.2 Å². The van der Waals surface area contributed by atoms with Crippen LogP contribution in [0.2, 0.25) is 0 Å². The Kier molecular flexibility index (Phi) is 4.42. The first-order valence-corrected chi connectivity index (χ1v) is 7.83. The summed E-state index contributed by atoms with van der Waals surface area (Å²) in [6.07, 6.45) is 0.458. The molecule has 0 saturated carbocycles. The monoisotopic (exact) mass is 323 g/mol. The maximum absolute atomic E-state index is 12.2. The van der Waals surface area contributed by atoms with Gasteiger partial charge in [-0.3, -0.25) is 19.3 Å². The normalized spacial score (nSPS) is 13.1. The first kappa shape index (κ1) is 15.9. The van der Waals surface area contributed by atoms with Crippen LogP contribution in [-0.4, -0.2) is 35.6 Å². The van der Waals surface area contributed by atoms with Gasteiger partial charge in [0.05, 0.1) is 17.7 Å². The van der Waals surface area contributed by atoms with Crippen LogP contribution in [0.5, 0.6) is 5.75 Å². The molecule has 0 aromatic heterocycles. The zero-order valence-corrected chi connectivity index (χ0v) is 13.3. The topological polar surface area (TPSA) is 63.7 Å². The molecule has 0 unspecified atom stereocenters. The van der Waals surface area contributed by atoms with Crippen LogP contribution in [0.15, 0.2) is 48.5 Å². The number of amides is 2. The predicted molar refractivity (Wildman–Crippen MR) is 88.4 cm³/mol. The molecular formula is C19H17NO4. The molecule has 2 aromatic carbocycles. The number of nitrogens with zero attached hydrogens (tertiary/aromatic N) is 1. The van der Waals surface area contributed by atoms with Crippen molar-refractivity contribution in [1.29, 1.82) is 0 Å². The Hall–Kier alpha value is -2.95. The van der Waals surface area contributed by atoms with E-state index in [4.69, 9.17) is 4.74 Å². The largest absolute Gasteiger partial charge is 0.492 e. The van der Waals surface area contributed by atoms with Crippen LogP contribution in [0.4, 0.5) is 0 Å². The van der Waals surface area contributed by atoms with Crippen molar-refractivity contribution in [2.24, 2.45) is 0 Å². The van der Waals surface area contributed by atoms with Gasteiger partial charge in [0.15, 0.2) is 5.78 Å². The van der Waals surface area contributed by atoms with E-state index in [-0.39, 0.29) is 30.7 Å². The maximum atomic E-state index is 12.2. The van der Waals surface area contributed by atoms with Gasteiger partial charge in [-0.1, -0.05) is 19.1 Å². The molecule has 2 amide bonds. The number of imide groups is 1. The zero-order valence-electron chi connectivity index (χ0n) is 13.3. The number of rotatable bonds is 6. The minimum absolute atomic E-state index is 0.0765. The van der Waals surface area contributed by atoms with Crippen molar-refractivity contribution in [3.8, 4) is 5.75 Å². The molecule has 5 heteroatoms. The molecule has 3 rings (SSSR count). The first-order valence-electron chi connectivity index (χ1n) is 7.83. The Bertz CT molecular complexity index is 760. The second kappa shape index (κ2) is 6.66. The van der Waals surface area contributed by atoms with Gasteiger partial charge in [0.25, 0.3) is 11.8 Å². The molecule has 0 aliphatic carbocycles. The molecule has 1 heterocycles. The van der Waals surface area contributed by atoms with Gasteiger partial charge in [-0.05, 0) is 36.4 Å². The number of hydrogen-bond donors (Lipinski definition) is 0. The fourth-order valence-corrected chi connectivity index (χ4v) is 2.64. The lowest BCUT2D eigenvalue weighted by atomic mass is 10.1. The third-order valence-electron chi connectivity index (χ3n) is 3.96. The molecule has 0 N–H and O–H groups in total. The Morgan fingerprint density at radius 2 is 1.54 bits per heavy atom. The van der Waals surface area contributed by atoms with Crippen LogP contribution in [0.1, 0.15) is 44.4 Å². The lowest BCUT2D eigenvalue weighted by Crippen LogP contribution is -2.33. The van der Waals surface area contributed by atoms with Gasteiger partial charge in [-0.25, -0.2) is 0 Å². The highest BCUT2D eigenvalue weighted by Gasteiger charge is 2.34. The van der Waals surface area contributed by atoms with E-state index < -0.39 is 0 Å². The number of ether oxygens (including phenoxy) is 1. The first-order chi connectivity index (χ1) is 11.6. The summed E-state index contributed by atoms with van der Waals surface area (Å²) >= 11 is 0. The number of carbonyl (C=O) groups is 3. The highest BCUT2D eigenvalue weighted by Crippen LogP contribution is 2.22. The molecule has 0 radical (unpaired) electrons. The average Bonchev–Trinajstić information content (AvgIpc) is 2.87. The lowest BCUT2D eigenvalue weighted by Gasteiger charge is -2.14. The summed E-state index contributed by atoms with van der Waals surface area (Å²) in [6, 6.07) is 13.6. The SMILES string of the molecule is CCC(=O)c1ccc(OCCN2C(=O)c3ccccc3C2=O)cc1. The van der Waals surface area contributed by atoms with E-state index in [1.807, 2.05) is 6.92 Å². The zero-order chi connectivity index (χ0) is 17.1. The molecule has 0 saturated heterocycles. The quantitative estimate of drug-likeness (QED) is 0.605. The predicted octanol–water partition coefficient (Wildman–Crippen LogP) is 2.95. The van der Waals surface area contributed by atoms with Crippen molar-refractivity contribution in [2.75, 3.05) is 13.2 Å². The van der Waals surface area contributed by atoms with Crippen LogP contribution in [0.3, 0.4) is 0 Å². The Morgan fingerprint density at radius 1 is 0.958 bits per heavy atom. The summed E-state index contributed by atoms with van der Waals surface area (Å²) in [6.45, 7) is 2.20. The molecule has 122 valence electrons. The number of ketones is 1. The fourth-order valence-electron chi connectivity index (χ4n) is 2.64. The summed E-state index contributed by atoms with van der Waals surface area (Å²) in [5, 5.41) is 0. The molecule has 0 atom stereocenters. The van der Waals surface area contributed by atoms with Gasteiger partial charge >= 0.3 is 0 Å². The maximum Gasteiger partial charge on any atom is 0.261 e. The summed E-state index contributed by atoms with van der Waals surface area (Å²) in [5.41, 5.74) is 1.51. The van der Waals surface area contributed by atoms with Crippen LogP contribution < -0.4 is 4.74 Å². The van der Waals surface area contributed by atoms with Crippen LogP contribution in [-0.2, 0) is 0 Å². The molecule has 0 fully saturated rings. The number of fused-ring (bicyclic) bond motifs is 1. The van der Waals surface area contributed by atoms with Crippen LogP contribution in [0, 0.1) is 0 Å². The van der Waals surface area contributed by atoms with E-state index >= 15 is 0 Å². The van der Waals surface area contributed by atoms with Crippen molar-refractivity contribution in [2.45, 2.75) is 13.3 Å². The summed E-state index contributed by atoms with van der Waals surface area (Å²) < 4.78 is 5.57. The fraction of sp³-hybridized carbons (Fsp3) is 0.211. The van der Waals surface area contributed by atoms with E-state index in [1.165, 1.54) is 4.90 Å². The smallest absolute Gasteiger partial charge is 0.261 e. The number of benzene rings is 2. The van der Waals surface area contributed by atoms with E-state index in [9.17, 15) is 14.4 Å². The second-order valence-corrected chi connectivity index (χ2v) is 5.46. The Morgan fingerprint density at radius 3 is 2.08 bits per heavy atom. The van der Waals surface area contributed by atoms with Gasteiger partial charge < -0.3 is 4.74 Å². The number of hydrogen-bond acceptors (Lipinski definition) is 4. The third kappa shape index (κ3) is 2.93. The van der Waals surface area contributed by atoms with E-state index in [0.717, 1.165) is 0 Å². The van der Waals surface area contributed by atoms with Crippen molar-refractivity contribution in [3.63, 3.8) is 0 Å². The number of carbonyl (C=O) groups excluding carboxylic acids is 3. The molecule has 1 aliphatic rings. The van der Waals surface area contributed by atoms with Crippen LogP contribution >= 0.6 is 0 Å². The molecule has 5 nitrogen and oxygen atoms in total. The molecule has 2 aromatic rings.